The predicted octanol–water partition coefficient (Wildman–Crippen LogP) is 1.14. The van der Waals surface area contributed by atoms with Crippen molar-refractivity contribution in [3.05, 3.63) is 11.6 Å². The van der Waals surface area contributed by atoms with E-state index in [2.05, 4.69) is 0 Å². The number of esters is 1. The van der Waals surface area contributed by atoms with E-state index in [1.807, 2.05) is 0 Å². The summed E-state index contributed by atoms with van der Waals surface area (Å²) in [7, 11) is 0. The maximum absolute atomic E-state index is 11.6. The second-order valence-electron chi connectivity index (χ2n) is 6.25. The van der Waals surface area contributed by atoms with Crippen molar-refractivity contribution in [3.63, 3.8) is 0 Å². The van der Waals surface area contributed by atoms with Crippen molar-refractivity contribution in [2.45, 2.75) is 55.8 Å². The second-order valence-corrected chi connectivity index (χ2v) is 6.25. The van der Waals surface area contributed by atoms with Crippen molar-refractivity contribution in [1.82, 2.24) is 0 Å². The van der Waals surface area contributed by atoms with Crippen LogP contribution in [0.4, 0.5) is 0 Å². The first kappa shape index (κ1) is 8.29. The lowest BCUT2D eigenvalue weighted by Gasteiger charge is -2.44. The lowest BCUT2D eigenvalue weighted by molar-refractivity contribution is -0.856. The van der Waals surface area contributed by atoms with E-state index < -0.39 is 0 Å². The van der Waals surface area contributed by atoms with Crippen LogP contribution in [-0.4, -0.2) is 40.7 Å². The van der Waals surface area contributed by atoms with Crippen LogP contribution in [0.3, 0.4) is 0 Å². The first-order valence-electron chi connectivity index (χ1n) is 6.58. The molecule has 0 aromatic carbocycles. The fourth-order valence-corrected chi connectivity index (χ4v) is 5.60. The molecule has 2 unspecified atom stereocenters. The summed E-state index contributed by atoms with van der Waals surface area (Å²) in [6, 6.07) is 2.32. The van der Waals surface area contributed by atoms with Gasteiger partial charge in [0, 0.05) is 18.9 Å². The van der Waals surface area contributed by atoms with Gasteiger partial charge in [-0.05, 0) is 18.4 Å². The molecule has 5 aliphatic heterocycles. The molecule has 0 amide bonds. The third-order valence-electron chi connectivity index (χ3n) is 6.04. The quantitative estimate of drug-likeness (QED) is 0.346. The van der Waals surface area contributed by atoms with Gasteiger partial charge in [0.2, 0.25) is 0 Å². The molecule has 2 spiro atoms. The van der Waals surface area contributed by atoms with Crippen LogP contribution in [0.2, 0.25) is 0 Å². The van der Waals surface area contributed by atoms with Gasteiger partial charge >= 0.3 is 5.97 Å². The zero-order valence-corrected chi connectivity index (χ0v) is 9.32. The standard InChI is InChI=1S/C13H16NO2/c15-12-6-8-5-9-10-7-13(8,16-12)11-3-1-2-4-14(9,10)11/h6,9-11H,1-5,7H2/q+1/t9-,10?,11-,13?,14+/m0/s1. The fraction of sp³-hybridized carbons (Fsp3) is 0.769. The molecule has 5 fully saturated rings. The van der Waals surface area contributed by atoms with Gasteiger partial charge in [-0.15, -0.1) is 0 Å². The van der Waals surface area contributed by atoms with Crippen LogP contribution >= 0.6 is 0 Å². The number of hydrogen-bond acceptors (Lipinski definition) is 2. The van der Waals surface area contributed by atoms with Crippen molar-refractivity contribution >= 4 is 5.97 Å². The summed E-state index contributed by atoms with van der Waals surface area (Å²) in [5, 5.41) is 0. The Morgan fingerprint density at radius 2 is 2.31 bits per heavy atom. The zero-order valence-electron chi connectivity index (χ0n) is 9.32. The topological polar surface area (TPSA) is 26.3 Å². The van der Waals surface area contributed by atoms with Crippen LogP contribution in [-0.2, 0) is 9.53 Å². The molecular formula is C13H16NO2+. The van der Waals surface area contributed by atoms with Crippen molar-refractivity contribution < 1.29 is 14.0 Å². The molecule has 1 aliphatic carbocycles. The normalized spacial score (nSPS) is 59.9. The zero-order chi connectivity index (χ0) is 10.5. The van der Waals surface area contributed by atoms with Crippen molar-refractivity contribution in [2.75, 3.05) is 6.54 Å². The molecule has 0 aromatic rings. The van der Waals surface area contributed by atoms with E-state index in [0.29, 0.717) is 6.04 Å². The number of piperidine rings is 3. The lowest BCUT2D eigenvalue weighted by atomic mass is 9.73. The Kier molecular flexibility index (Phi) is 1.09. The number of hydrogen-bond donors (Lipinski definition) is 0. The number of carbonyl (C=O) groups is 1. The summed E-state index contributed by atoms with van der Waals surface area (Å²) in [5.74, 6) is -0.0677. The number of carbonyl (C=O) groups excluding carboxylic acids is 1. The molecule has 3 heteroatoms. The van der Waals surface area contributed by atoms with Gasteiger partial charge in [0.15, 0.2) is 5.60 Å². The molecular weight excluding hydrogens is 202 g/mol. The Morgan fingerprint density at radius 3 is 3.25 bits per heavy atom. The second kappa shape index (κ2) is 2.10. The van der Waals surface area contributed by atoms with E-state index in [1.165, 1.54) is 35.9 Å². The van der Waals surface area contributed by atoms with Crippen molar-refractivity contribution in [1.29, 1.82) is 0 Å². The van der Waals surface area contributed by atoms with E-state index in [1.54, 1.807) is 6.08 Å². The van der Waals surface area contributed by atoms with E-state index >= 15 is 0 Å². The summed E-state index contributed by atoms with van der Waals surface area (Å²) in [6.07, 6.45) is 8.07. The number of nitrogens with zero attached hydrogens (tertiary/aromatic N) is 1. The van der Waals surface area contributed by atoms with E-state index in [9.17, 15) is 4.79 Å². The van der Waals surface area contributed by atoms with Gasteiger partial charge in [0.1, 0.15) is 18.1 Å². The Balaban J connectivity index is 1.71. The number of ether oxygens (including phenoxy) is 1. The monoisotopic (exact) mass is 218 g/mol. The maximum atomic E-state index is 11.6. The summed E-state index contributed by atoms with van der Waals surface area (Å²) in [5.41, 5.74) is 1.22. The molecule has 5 atom stereocenters. The Bertz CT molecular complexity index is 457. The van der Waals surface area contributed by atoms with E-state index in [0.717, 1.165) is 24.9 Å². The summed E-state index contributed by atoms with van der Waals surface area (Å²) >= 11 is 0. The molecule has 5 heterocycles. The van der Waals surface area contributed by atoms with Gasteiger partial charge in [-0.3, -0.25) is 0 Å². The van der Waals surface area contributed by atoms with Crippen LogP contribution in [0.25, 0.3) is 0 Å². The molecule has 0 N–H and O–H groups in total. The molecule has 0 aromatic heterocycles. The first-order chi connectivity index (χ1) is 7.77. The summed E-state index contributed by atoms with van der Waals surface area (Å²) < 4.78 is 7.12. The highest BCUT2D eigenvalue weighted by Gasteiger charge is 2.86. The minimum Gasteiger partial charge on any atom is -0.445 e. The number of quaternary nitrogens is 1. The highest BCUT2D eigenvalue weighted by atomic mass is 16.6. The average Bonchev–Trinajstić information content (AvgIpc) is 2.67. The van der Waals surface area contributed by atoms with Gasteiger partial charge < -0.3 is 9.22 Å². The van der Waals surface area contributed by atoms with Gasteiger partial charge in [0.05, 0.1) is 13.0 Å². The lowest BCUT2D eigenvalue weighted by Crippen LogP contribution is -2.58. The van der Waals surface area contributed by atoms with Crippen LogP contribution in [0.1, 0.15) is 32.1 Å². The van der Waals surface area contributed by atoms with Crippen molar-refractivity contribution in [2.24, 2.45) is 0 Å². The third kappa shape index (κ3) is 0.597. The maximum Gasteiger partial charge on any atom is 0.331 e. The molecule has 1 saturated carbocycles. The van der Waals surface area contributed by atoms with Gasteiger partial charge in [-0.1, -0.05) is 0 Å². The van der Waals surface area contributed by atoms with Gasteiger partial charge in [0.25, 0.3) is 0 Å². The molecule has 4 bridgehead atoms. The van der Waals surface area contributed by atoms with E-state index in [-0.39, 0.29) is 11.6 Å². The molecule has 6 rings (SSSR count). The molecule has 84 valence electrons. The Labute approximate surface area is 94.6 Å². The van der Waals surface area contributed by atoms with Gasteiger partial charge in [-0.25, -0.2) is 4.79 Å². The largest absolute Gasteiger partial charge is 0.445 e. The molecule has 16 heavy (non-hydrogen) atoms. The molecule has 3 nitrogen and oxygen atoms in total. The van der Waals surface area contributed by atoms with Crippen LogP contribution < -0.4 is 0 Å². The summed E-state index contributed by atoms with van der Waals surface area (Å²) in [4.78, 5) is 11.6. The SMILES string of the molecule is O=C1C=C2C[C@H]3C4CC2(O1)[C@@H]1CCCC[N@+]431. The molecule has 0 radical (unpaired) electrons. The predicted molar refractivity (Wildman–Crippen MR) is 56.5 cm³/mol. The average molecular weight is 218 g/mol. The fourth-order valence-electron chi connectivity index (χ4n) is 5.60. The Hall–Kier alpha value is -0.830. The van der Waals surface area contributed by atoms with E-state index in [4.69, 9.17) is 4.74 Å². The first-order valence-corrected chi connectivity index (χ1v) is 6.58. The highest BCUT2D eigenvalue weighted by Crippen LogP contribution is 2.69. The van der Waals surface area contributed by atoms with Crippen LogP contribution in [0.5, 0.6) is 0 Å². The van der Waals surface area contributed by atoms with Gasteiger partial charge in [-0.2, -0.15) is 0 Å². The van der Waals surface area contributed by atoms with Crippen LogP contribution in [0.15, 0.2) is 11.6 Å². The highest BCUT2D eigenvalue weighted by molar-refractivity contribution is 5.87. The smallest absolute Gasteiger partial charge is 0.331 e. The Morgan fingerprint density at radius 1 is 1.38 bits per heavy atom. The number of rotatable bonds is 0. The van der Waals surface area contributed by atoms with Crippen molar-refractivity contribution in [3.8, 4) is 0 Å². The minimum absolute atomic E-state index is 0.0677. The molecule has 6 aliphatic rings. The summed E-state index contributed by atoms with van der Waals surface area (Å²) in [6.45, 7) is 1.35. The molecule has 4 saturated heterocycles. The third-order valence-corrected chi connectivity index (χ3v) is 6.04. The minimum atomic E-state index is -0.128. The van der Waals surface area contributed by atoms with Crippen LogP contribution in [0, 0.1) is 0 Å².